The minimum Gasteiger partial charge on any atom is -0.495 e. The Bertz CT molecular complexity index is 763. The third kappa shape index (κ3) is 5.69. The number of ether oxygens (including phenoxy) is 3. The molecule has 0 heterocycles. The zero-order valence-electron chi connectivity index (χ0n) is 13.9. The van der Waals surface area contributed by atoms with Gasteiger partial charge in [-0.1, -0.05) is 29.8 Å². The molecule has 0 saturated carbocycles. The van der Waals surface area contributed by atoms with Crippen LogP contribution in [0.15, 0.2) is 42.5 Å². The number of para-hydroxylation sites is 1. The van der Waals surface area contributed by atoms with Crippen molar-refractivity contribution in [2.75, 3.05) is 25.6 Å². The van der Waals surface area contributed by atoms with Crippen LogP contribution in [0.5, 0.6) is 11.5 Å². The molecule has 2 rings (SSSR count). The Labute approximate surface area is 150 Å². The van der Waals surface area contributed by atoms with Crippen LogP contribution in [0.25, 0.3) is 0 Å². The van der Waals surface area contributed by atoms with Gasteiger partial charge < -0.3 is 19.5 Å². The van der Waals surface area contributed by atoms with Gasteiger partial charge >= 0.3 is 5.97 Å². The fourth-order valence-corrected chi connectivity index (χ4v) is 2.18. The molecular formula is C18H18ClNO5. The highest BCUT2D eigenvalue weighted by atomic mass is 35.5. The number of rotatable bonds is 7. The summed E-state index contributed by atoms with van der Waals surface area (Å²) >= 11 is 5.89. The minimum absolute atomic E-state index is 0.279. The van der Waals surface area contributed by atoms with Crippen molar-refractivity contribution in [2.45, 2.75) is 6.92 Å². The Hall–Kier alpha value is -2.73. The van der Waals surface area contributed by atoms with E-state index in [4.69, 9.17) is 25.8 Å². The first-order valence-electron chi connectivity index (χ1n) is 7.47. The number of methoxy groups -OCH3 is 1. The summed E-state index contributed by atoms with van der Waals surface area (Å²) in [4.78, 5) is 23.6. The van der Waals surface area contributed by atoms with Gasteiger partial charge in [-0.15, -0.1) is 0 Å². The Kier molecular flexibility index (Phi) is 6.65. The molecule has 132 valence electrons. The number of nitrogens with one attached hydrogen (secondary N) is 1. The number of benzene rings is 2. The first-order chi connectivity index (χ1) is 12.0. The molecule has 0 aromatic heterocycles. The fourth-order valence-electron chi connectivity index (χ4n) is 2.01. The molecule has 2 aromatic rings. The maximum absolute atomic E-state index is 11.9. The topological polar surface area (TPSA) is 73.9 Å². The average Bonchev–Trinajstić information content (AvgIpc) is 2.59. The van der Waals surface area contributed by atoms with Crippen molar-refractivity contribution in [3.05, 3.63) is 53.1 Å². The van der Waals surface area contributed by atoms with Crippen LogP contribution < -0.4 is 14.8 Å². The number of carbonyl (C=O) groups excluding carboxylic acids is 2. The number of carbonyl (C=O) groups is 2. The van der Waals surface area contributed by atoms with Crippen molar-refractivity contribution in [2.24, 2.45) is 0 Å². The van der Waals surface area contributed by atoms with E-state index in [9.17, 15) is 9.59 Å². The summed E-state index contributed by atoms with van der Waals surface area (Å²) in [6.45, 7) is 1.15. The van der Waals surface area contributed by atoms with Crippen LogP contribution in [0.4, 0.5) is 5.69 Å². The van der Waals surface area contributed by atoms with Gasteiger partial charge in [-0.05, 0) is 36.8 Å². The number of aryl methyl sites for hydroxylation is 1. The predicted octanol–water partition coefficient (Wildman–Crippen LogP) is 3.22. The molecular weight excluding hydrogens is 346 g/mol. The summed E-state index contributed by atoms with van der Waals surface area (Å²) < 4.78 is 15.4. The van der Waals surface area contributed by atoms with Gasteiger partial charge in [-0.25, -0.2) is 4.79 Å². The molecule has 7 heteroatoms. The van der Waals surface area contributed by atoms with Gasteiger partial charge in [-0.3, -0.25) is 4.79 Å². The second-order valence-electron chi connectivity index (χ2n) is 5.11. The Balaban J connectivity index is 1.81. The number of halogens is 1. The average molecular weight is 364 g/mol. The number of amides is 1. The van der Waals surface area contributed by atoms with E-state index in [-0.39, 0.29) is 6.61 Å². The van der Waals surface area contributed by atoms with Gasteiger partial charge in [0.2, 0.25) is 0 Å². The molecule has 0 fully saturated rings. The predicted molar refractivity (Wildman–Crippen MR) is 94.3 cm³/mol. The van der Waals surface area contributed by atoms with Crippen LogP contribution in [0.2, 0.25) is 5.02 Å². The highest BCUT2D eigenvalue weighted by Crippen LogP contribution is 2.27. The Morgan fingerprint density at radius 1 is 1.08 bits per heavy atom. The quantitative estimate of drug-likeness (QED) is 0.764. The summed E-state index contributed by atoms with van der Waals surface area (Å²) in [6, 6.07) is 12.1. The molecule has 25 heavy (non-hydrogen) atoms. The second-order valence-corrected chi connectivity index (χ2v) is 5.54. The number of anilines is 1. The van der Waals surface area contributed by atoms with Gasteiger partial charge in [-0.2, -0.15) is 0 Å². The molecule has 0 aliphatic rings. The summed E-state index contributed by atoms with van der Waals surface area (Å²) in [6.07, 6.45) is 0. The van der Waals surface area contributed by atoms with Gasteiger partial charge in [0.05, 0.1) is 12.8 Å². The molecule has 0 bridgehead atoms. The number of esters is 1. The summed E-state index contributed by atoms with van der Waals surface area (Å²) in [5.74, 6) is -0.110. The van der Waals surface area contributed by atoms with Gasteiger partial charge in [0.15, 0.2) is 13.2 Å². The third-order valence-corrected chi connectivity index (χ3v) is 3.47. The summed E-state index contributed by atoms with van der Waals surface area (Å²) in [5, 5.41) is 3.02. The first kappa shape index (κ1) is 18.6. The zero-order chi connectivity index (χ0) is 18.2. The number of hydrogen-bond acceptors (Lipinski definition) is 5. The van der Waals surface area contributed by atoms with Crippen molar-refractivity contribution < 1.29 is 23.8 Å². The van der Waals surface area contributed by atoms with Crippen LogP contribution in [0, 0.1) is 6.92 Å². The van der Waals surface area contributed by atoms with Crippen molar-refractivity contribution >= 4 is 29.2 Å². The zero-order valence-corrected chi connectivity index (χ0v) is 14.6. The summed E-state index contributed by atoms with van der Waals surface area (Å²) in [5.41, 5.74) is 1.30. The van der Waals surface area contributed by atoms with E-state index in [2.05, 4.69) is 5.32 Å². The summed E-state index contributed by atoms with van der Waals surface area (Å²) in [7, 11) is 1.47. The smallest absolute Gasteiger partial charge is 0.344 e. The van der Waals surface area contributed by atoms with Crippen LogP contribution in [0.3, 0.4) is 0 Å². The number of hydrogen-bond donors (Lipinski definition) is 1. The normalized spacial score (nSPS) is 10.0. The molecule has 0 unspecified atom stereocenters. The van der Waals surface area contributed by atoms with E-state index in [0.29, 0.717) is 22.2 Å². The van der Waals surface area contributed by atoms with E-state index in [1.165, 1.54) is 7.11 Å². The molecule has 0 spiro atoms. The van der Waals surface area contributed by atoms with Crippen molar-refractivity contribution in [1.29, 1.82) is 0 Å². The van der Waals surface area contributed by atoms with E-state index in [1.54, 1.807) is 30.3 Å². The molecule has 0 radical (unpaired) electrons. The lowest BCUT2D eigenvalue weighted by atomic mass is 10.2. The molecule has 0 aliphatic carbocycles. The lowest BCUT2D eigenvalue weighted by Crippen LogP contribution is -2.24. The standard InChI is InChI=1S/C18H18ClNO5/c1-12-5-3-4-6-15(12)24-11-18(22)25-10-17(21)20-14-9-13(19)7-8-16(14)23-2/h3-9H,10-11H2,1-2H3,(H,20,21). The maximum atomic E-state index is 11.9. The Morgan fingerprint density at radius 2 is 1.84 bits per heavy atom. The largest absolute Gasteiger partial charge is 0.495 e. The highest BCUT2D eigenvalue weighted by molar-refractivity contribution is 6.31. The highest BCUT2D eigenvalue weighted by Gasteiger charge is 2.12. The molecule has 0 atom stereocenters. The molecule has 1 N–H and O–H groups in total. The van der Waals surface area contributed by atoms with Crippen LogP contribution in [-0.2, 0) is 14.3 Å². The van der Waals surface area contributed by atoms with E-state index in [0.717, 1.165) is 5.56 Å². The third-order valence-electron chi connectivity index (χ3n) is 3.24. The van der Waals surface area contributed by atoms with Crippen LogP contribution >= 0.6 is 11.6 Å². The SMILES string of the molecule is COc1ccc(Cl)cc1NC(=O)COC(=O)COc1ccccc1C. The monoisotopic (exact) mass is 363 g/mol. The minimum atomic E-state index is -0.642. The van der Waals surface area contributed by atoms with Crippen molar-refractivity contribution in [1.82, 2.24) is 0 Å². The molecule has 0 aliphatic heterocycles. The Morgan fingerprint density at radius 3 is 2.56 bits per heavy atom. The maximum Gasteiger partial charge on any atom is 0.344 e. The van der Waals surface area contributed by atoms with Crippen LogP contribution in [-0.4, -0.2) is 32.2 Å². The first-order valence-corrected chi connectivity index (χ1v) is 7.85. The van der Waals surface area contributed by atoms with E-state index >= 15 is 0 Å². The van der Waals surface area contributed by atoms with E-state index in [1.807, 2.05) is 19.1 Å². The molecule has 2 aromatic carbocycles. The van der Waals surface area contributed by atoms with Crippen molar-refractivity contribution in [3.63, 3.8) is 0 Å². The second kappa shape index (κ2) is 8.94. The fraction of sp³-hybridized carbons (Fsp3) is 0.222. The van der Waals surface area contributed by atoms with Gasteiger partial charge in [0, 0.05) is 5.02 Å². The lowest BCUT2D eigenvalue weighted by molar-refractivity contribution is -0.149. The van der Waals surface area contributed by atoms with Crippen molar-refractivity contribution in [3.8, 4) is 11.5 Å². The van der Waals surface area contributed by atoms with Gasteiger partial charge in [0.1, 0.15) is 11.5 Å². The molecule has 6 nitrogen and oxygen atoms in total. The molecule has 0 saturated heterocycles. The van der Waals surface area contributed by atoms with E-state index < -0.39 is 18.5 Å². The van der Waals surface area contributed by atoms with Gasteiger partial charge in [0.25, 0.3) is 5.91 Å². The van der Waals surface area contributed by atoms with Crippen LogP contribution in [0.1, 0.15) is 5.56 Å². The molecule has 1 amide bonds. The lowest BCUT2D eigenvalue weighted by Gasteiger charge is -2.11.